The number of hydrogen-bond acceptors (Lipinski definition) is 11. The van der Waals surface area contributed by atoms with Crippen LogP contribution in [-0.4, -0.2) is 77.4 Å². The number of hydrogen-bond donors (Lipinski definition) is 2. The van der Waals surface area contributed by atoms with E-state index in [1.165, 1.54) is 33.4 Å². The van der Waals surface area contributed by atoms with Gasteiger partial charge in [-0.25, -0.2) is 0 Å². The number of rotatable bonds is 18. The first-order valence-electron chi connectivity index (χ1n) is 35.5. The number of fused-ring (bicyclic) bond motifs is 4. The zero-order valence-corrected chi connectivity index (χ0v) is 68.5. The van der Waals surface area contributed by atoms with E-state index < -0.39 is 5.41 Å². The van der Waals surface area contributed by atoms with Gasteiger partial charge in [-0.2, -0.15) is 0 Å². The Balaban J connectivity index is 0.000000160. The van der Waals surface area contributed by atoms with Crippen molar-refractivity contribution < 1.29 is 53.1 Å². The maximum Gasteiger partial charge on any atom is 0.369 e. The summed E-state index contributed by atoms with van der Waals surface area (Å²) in [5.41, 5.74) is 14.9. The number of carbonyl (C=O) groups excluding carboxylic acids is 4. The molecule has 0 amide bonds. The number of halogens is 6. The van der Waals surface area contributed by atoms with Crippen LogP contribution in [-0.2, 0) is 70.1 Å². The molecule has 11 nitrogen and oxygen atoms in total. The first-order chi connectivity index (χ1) is 52.7. The number of Topliss-reactive ketones (excluding diaryl/α,β-unsaturated/α-hetero) is 4. The van der Waals surface area contributed by atoms with Crippen LogP contribution in [0.3, 0.4) is 0 Å². The summed E-state index contributed by atoms with van der Waals surface area (Å²) in [6.07, 6.45) is 8.84. The molecule has 562 valence electrons. The molecule has 0 atom stereocenters. The van der Waals surface area contributed by atoms with Crippen molar-refractivity contribution in [2.24, 2.45) is 16.2 Å². The molecule has 4 aliphatic rings. The quantitative estimate of drug-likeness (QED) is 0.0479. The molecule has 0 heterocycles. The second kappa shape index (κ2) is 41.2. The predicted octanol–water partition coefficient (Wildman–Crippen LogP) is 22.0. The Bertz CT molecular complexity index is 4580. The van der Waals surface area contributed by atoms with E-state index in [9.17, 15) is 29.4 Å². The van der Waals surface area contributed by atoms with Crippen molar-refractivity contribution in [3.8, 4) is 40.2 Å². The molecule has 0 radical (unpaired) electrons. The van der Waals surface area contributed by atoms with Crippen molar-refractivity contribution in [1.29, 1.82) is 0 Å². The topological polar surface area (TPSA) is 155 Å². The van der Waals surface area contributed by atoms with Crippen LogP contribution in [0.5, 0.6) is 40.2 Å². The maximum absolute atomic E-state index is 13.6. The molecule has 0 aliphatic heterocycles. The van der Waals surface area contributed by atoms with Gasteiger partial charge in [0.1, 0.15) is 45.7 Å². The SMILES string of the molecule is BrB(Br)Br.COc1cccc(CC2(Cc3cccc(OC)c3)C(=O)c3ccccc3C2=O)c1.COc1cccc(CC2(Cc3cccc(OC)c3)Cc3ccccc3C2)c1.COc1cccc(CCl)c1.ClCCl.O=C1CC(=O)c2ccccc21.Oc1cccc(CC2(Cc3cccc(O)c3)Cc3ccccc3C2)c1. The van der Waals surface area contributed by atoms with E-state index in [4.69, 9.17) is 58.5 Å². The van der Waals surface area contributed by atoms with Crippen molar-refractivity contribution in [1.82, 2.24) is 0 Å². The minimum absolute atomic E-state index is 0.0504. The molecular formula is C91H87BBr3Cl3O11. The summed E-state index contributed by atoms with van der Waals surface area (Å²) in [7, 11) is 8.32. The molecule has 4 aliphatic carbocycles. The van der Waals surface area contributed by atoms with E-state index in [1.807, 2.05) is 109 Å². The van der Waals surface area contributed by atoms with Crippen LogP contribution in [0.15, 0.2) is 267 Å². The molecule has 0 unspecified atom stereocenters. The minimum Gasteiger partial charge on any atom is -0.508 e. The van der Waals surface area contributed by atoms with Crippen molar-refractivity contribution >= 4 is 108 Å². The van der Waals surface area contributed by atoms with Gasteiger partial charge in [0.05, 0.1) is 47.3 Å². The number of aromatic hydroxyl groups is 2. The first kappa shape index (κ1) is 84.1. The van der Waals surface area contributed by atoms with E-state index in [1.54, 1.807) is 96.2 Å². The minimum atomic E-state index is -1.18. The second-order valence-electron chi connectivity index (χ2n) is 27.2. The summed E-state index contributed by atoms with van der Waals surface area (Å²) in [5, 5.41) is 19.9. The highest BCUT2D eigenvalue weighted by atomic mass is 79.9. The Morgan fingerprint density at radius 1 is 0.330 bits per heavy atom. The maximum atomic E-state index is 13.6. The normalized spacial score (nSPS) is 13.8. The highest BCUT2D eigenvalue weighted by molar-refractivity contribution is 9.69. The summed E-state index contributed by atoms with van der Waals surface area (Å²) < 4.78 is 26.8. The Morgan fingerprint density at radius 3 is 0.844 bits per heavy atom. The number of phenols is 2. The van der Waals surface area contributed by atoms with Crippen LogP contribution in [0.2, 0.25) is 0 Å². The van der Waals surface area contributed by atoms with Crippen molar-refractivity contribution in [2.45, 2.75) is 76.5 Å². The number of alkyl halides is 3. The molecule has 0 fully saturated rings. The molecule has 0 aromatic heterocycles. The van der Waals surface area contributed by atoms with Gasteiger partial charge < -0.3 is 33.9 Å². The van der Waals surface area contributed by atoms with Crippen LogP contribution in [0.25, 0.3) is 0 Å². The van der Waals surface area contributed by atoms with Gasteiger partial charge >= 0.3 is 3.18 Å². The molecule has 0 spiro atoms. The average molecular weight is 1710 g/mol. The summed E-state index contributed by atoms with van der Waals surface area (Å²) in [4.78, 5) is 49.2. The van der Waals surface area contributed by atoms with Crippen molar-refractivity contribution in [3.05, 3.63) is 350 Å². The lowest BCUT2D eigenvalue weighted by atomic mass is 9.72. The predicted molar refractivity (Wildman–Crippen MR) is 452 cm³/mol. The fourth-order valence-corrected chi connectivity index (χ4v) is 15.2. The van der Waals surface area contributed by atoms with Gasteiger partial charge in [0.2, 0.25) is 0 Å². The standard InChI is InChI=1S/C25H22O4.C25H26O2.C23H22O2.C9H6O2.C8H9ClO.CH2Cl2.BBr3/c1-28-19-9-5-7-17(13-19)15-25(16-18-8-6-10-20(14-18)29-2)23(26)21-11-3-4-12-22(21)24(25)27;1-26-23-11-5-7-19(13-23)15-25(16-20-8-6-12-24(14-20)27-2)17-21-9-3-4-10-22(21)18-25;24-21-9-3-5-17(11-21)13-23(14-18-6-4-10-22(25)12-18)15-19-7-1-2-8-20(19)16-23;10-8-5-9(11)7-4-2-1-3-6(7)8;1-10-8-4-2-3-7(5-8)6-9;2-1-3;2-1(3)4/h3-14H,15-16H2,1-2H3;3-14H,15-18H2,1-2H3;1-12,24-25H,13-16H2;1-4H,5H2;2-5H,6H2,1H3;1H2;. The first-order valence-corrected chi connectivity index (χ1v) is 39.8. The van der Waals surface area contributed by atoms with Crippen LogP contribution in [0.1, 0.15) is 109 Å². The number of ketones is 4. The number of phenolic OH excluding ortho intramolecular Hbond substituents is 2. The van der Waals surface area contributed by atoms with Gasteiger partial charge in [-0.1, -0.05) is 182 Å². The van der Waals surface area contributed by atoms with Gasteiger partial charge in [-0.3, -0.25) is 19.2 Å². The fourth-order valence-electron chi connectivity index (χ4n) is 15.0. The lowest BCUT2D eigenvalue weighted by molar-refractivity contribution is 0.0693. The van der Waals surface area contributed by atoms with Crippen LogP contribution < -0.4 is 23.7 Å². The second-order valence-corrected chi connectivity index (χ2v) is 34.7. The molecule has 109 heavy (non-hydrogen) atoms. The summed E-state index contributed by atoms with van der Waals surface area (Å²) in [6.45, 7) is 0. The van der Waals surface area contributed by atoms with Crippen molar-refractivity contribution in [2.75, 3.05) is 40.9 Å². The van der Waals surface area contributed by atoms with Gasteiger partial charge in [-0.05, 0) is 221 Å². The van der Waals surface area contributed by atoms with E-state index >= 15 is 0 Å². The van der Waals surface area contributed by atoms with Crippen LogP contribution >= 0.6 is 82.1 Å². The molecule has 18 heteroatoms. The highest BCUT2D eigenvalue weighted by Crippen LogP contribution is 2.46. The van der Waals surface area contributed by atoms with E-state index in [0.29, 0.717) is 64.0 Å². The van der Waals surface area contributed by atoms with Crippen LogP contribution in [0.4, 0.5) is 0 Å². The van der Waals surface area contributed by atoms with Gasteiger partial charge in [0.25, 0.3) is 0 Å². The van der Waals surface area contributed by atoms with Gasteiger partial charge in [-0.15, -0.1) is 82.1 Å². The summed E-state index contributed by atoms with van der Waals surface area (Å²) in [6, 6.07) is 86.6. The lowest BCUT2D eigenvalue weighted by Gasteiger charge is -2.30. The average Bonchev–Trinajstić information content (AvgIpc) is 1.57. The third kappa shape index (κ3) is 23.6. The number of carbonyl (C=O) groups is 4. The molecule has 15 rings (SSSR count). The van der Waals surface area contributed by atoms with E-state index in [-0.39, 0.29) is 48.9 Å². The molecular weight excluding hydrogens is 1630 g/mol. The lowest BCUT2D eigenvalue weighted by Crippen LogP contribution is -2.38. The fraction of sp³-hybridized carbons (Fsp3) is 0.231. The molecule has 0 saturated carbocycles. The van der Waals surface area contributed by atoms with E-state index in [0.717, 1.165) is 96.4 Å². The molecule has 0 saturated heterocycles. The summed E-state index contributed by atoms with van der Waals surface area (Å²) in [5.74, 6) is 4.96. The Labute approximate surface area is 680 Å². The monoisotopic (exact) mass is 1710 g/mol. The third-order valence-electron chi connectivity index (χ3n) is 19.6. The van der Waals surface area contributed by atoms with E-state index in [2.05, 4.69) is 144 Å². The van der Waals surface area contributed by atoms with Gasteiger partial charge in [0, 0.05) is 28.1 Å². The smallest absolute Gasteiger partial charge is 0.369 e. The Kier molecular flexibility index (Phi) is 31.8. The number of ether oxygens (including phenoxy) is 5. The molecule has 2 N–H and O–H groups in total. The molecule has 11 aromatic carbocycles. The molecule has 0 bridgehead atoms. The zero-order valence-electron chi connectivity index (χ0n) is 61.5. The number of methoxy groups -OCH3 is 5. The van der Waals surface area contributed by atoms with Gasteiger partial charge in [0.15, 0.2) is 23.1 Å². The number of benzene rings is 11. The zero-order chi connectivity index (χ0) is 77.9. The molecule has 11 aromatic rings. The Hall–Kier alpha value is -8.93. The third-order valence-corrected chi connectivity index (χ3v) is 19.9. The largest absolute Gasteiger partial charge is 0.508 e. The van der Waals surface area contributed by atoms with Crippen molar-refractivity contribution in [3.63, 3.8) is 0 Å². The van der Waals surface area contributed by atoms with Crippen LogP contribution in [0, 0.1) is 16.2 Å². The summed E-state index contributed by atoms with van der Waals surface area (Å²) >= 11 is 24.4. The Morgan fingerprint density at radius 2 is 0.569 bits per heavy atom. The highest BCUT2D eigenvalue weighted by Gasteiger charge is 2.53.